The van der Waals surface area contributed by atoms with Gasteiger partial charge in [0.15, 0.2) is 0 Å². The molecule has 0 aliphatic rings. The molecule has 1 amide bonds. The minimum atomic E-state index is -0.269. The molecule has 0 saturated heterocycles. The van der Waals surface area contributed by atoms with Crippen molar-refractivity contribution in [1.82, 2.24) is 4.98 Å². The van der Waals surface area contributed by atoms with Gasteiger partial charge in [-0.25, -0.2) is 0 Å². The van der Waals surface area contributed by atoms with Crippen molar-refractivity contribution in [3.05, 3.63) is 57.3 Å². The van der Waals surface area contributed by atoms with Crippen LogP contribution < -0.4 is 5.32 Å². The van der Waals surface area contributed by atoms with E-state index in [1.807, 2.05) is 25.1 Å². The van der Waals surface area contributed by atoms with Gasteiger partial charge in [0.1, 0.15) is 0 Å². The molecule has 1 N–H and O–H groups in total. The molecular formula is C13H10BrClN2O. The highest BCUT2D eigenvalue weighted by Gasteiger charge is 2.10. The monoisotopic (exact) mass is 324 g/mol. The number of aromatic nitrogens is 1. The first kappa shape index (κ1) is 13.1. The minimum Gasteiger partial charge on any atom is -0.322 e. The number of halogens is 2. The standard InChI is InChI=1S/C13H10BrClN2O/c1-8-6-9(2-3-11(8)14)17-13(18)10-7-16-5-4-12(10)15/h2-7H,1H3,(H,17,18). The lowest BCUT2D eigenvalue weighted by Gasteiger charge is -2.07. The number of aryl methyl sites for hydroxylation is 1. The van der Waals surface area contributed by atoms with Crippen LogP contribution in [0.5, 0.6) is 0 Å². The SMILES string of the molecule is Cc1cc(NC(=O)c2cnccc2Cl)ccc1Br. The van der Waals surface area contributed by atoms with Crippen LogP contribution in [-0.2, 0) is 0 Å². The zero-order valence-electron chi connectivity index (χ0n) is 9.58. The molecule has 0 bridgehead atoms. The molecule has 3 nitrogen and oxygen atoms in total. The van der Waals surface area contributed by atoms with Gasteiger partial charge in [0, 0.05) is 22.6 Å². The Hall–Kier alpha value is -1.39. The van der Waals surface area contributed by atoms with E-state index in [0.29, 0.717) is 10.6 Å². The Morgan fingerprint density at radius 3 is 2.83 bits per heavy atom. The van der Waals surface area contributed by atoms with Crippen LogP contribution in [0.25, 0.3) is 0 Å². The molecule has 5 heteroatoms. The molecule has 1 heterocycles. The summed E-state index contributed by atoms with van der Waals surface area (Å²) in [5.74, 6) is -0.269. The Bertz CT molecular complexity index is 601. The highest BCUT2D eigenvalue weighted by atomic mass is 79.9. The fraction of sp³-hybridized carbons (Fsp3) is 0.0769. The molecule has 0 aliphatic heterocycles. The van der Waals surface area contributed by atoms with Gasteiger partial charge in [0.05, 0.1) is 10.6 Å². The molecule has 0 saturated carbocycles. The Balaban J connectivity index is 2.22. The second-order valence-electron chi connectivity index (χ2n) is 3.77. The van der Waals surface area contributed by atoms with Gasteiger partial charge in [-0.3, -0.25) is 9.78 Å². The maximum Gasteiger partial charge on any atom is 0.258 e. The Labute approximate surface area is 118 Å². The van der Waals surface area contributed by atoms with E-state index in [0.717, 1.165) is 15.7 Å². The van der Waals surface area contributed by atoms with Crippen molar-refractivity contribution in [1.29, 1.82) is 0 Å². The topological polar surface area (TPSA) is 42.0 Å². The molecular weight excluding hydrogens is 316 g/mol. The van der Waals surface area contributed by atoms with Crippen LogP contribution in [0.3, 0.4) is 0 Å². The average Bonchev–Trinajstić information content (AvgIpc) is 2.34. The van der Waals surface area contributed by atoms with Crippen LogP contribution >= 0.6 is 27.5 Å². The number of carbonyl (C=O) groups is 1. The molecule has 0 radical (unpaired) electrons. The predicted octanol–water partition coefficient (Wildman–Crippen LogP) is 4.06. The van der Waals surface area contributed by atoms with E-state index in [-0.39, 0.29) is 5.91 Å². The van der Waals surface area contributed by atoms with Crippen molar-refractivity contribution < 1.29 is 4.79 Å². The highest BCUT2D eigenvalue weighted by Crippen LogP contribution is 2.21. The average molecular weight is 326 g/mol. The quantitative estimate of drug-likeness (QED) is 0.905. The summed E-state index contributed by atoms with van der Waals surface area (Å²) >= 11 is 9.34. The van der Waals surface area contributed by atoms with Gasteiger partial charge in [-0.1, -0.05) is 27.5 Å². The molecule has 2 rings (SSSR count). The van der Waals surface area contributed by atoms with Gasteiger partial charge in [-0.05, 0) is 36.8 Å². The summed E-state index contributed by atoms with van der Waals surface area (Å²) < 4.78 is 1.000. The third-order valence-corrected chi connectivity index (χ3v) is 3.65. The van der Waals surface area contributed by atoms with Crippen molar-refractivity contribution in [3.63, 3.8) is 0 Å². The summed E-state index contributed by atoms with van der Waals surface area (Å²) in [5, 5.41) is 3.17. The van der Waals surface area contributed by atoms with Gasteiger partial charge < -0.3 is 5.32 Å². The first-order valence-electron chi connectivity index (χ1n) is 5.25. The number of pyridine rings is 1. The van der Waals surface area contributed by atoms with Gasteiger partial charge in [-0.15, -0.1) is 0 Å². The van der Waals surface area contributed by atoms with E-state index < -0.39 is 0 Å². The first-order chi connectivity index (χ1) is 8.58. The van der Waals surface area contributed by atoms with E-state index in [1.54, 1.807) is 12.3 Å². The predicted molar refractivity (Wildman–Crippen MR) is 76.1 cm³/mol. The molecule has 92 valence electrons. The molecule has 2 aromatic rings. The van der Waals surface area contributed by atoms with E-state index in [4.69, 9.17) is 11.6 Å². The molecule has 1 aromatic heterocycles. The second kappa shape index (κ2) is 5.50. The molecule has 0 aliphatic carbocycles. The molecule has 0 atom stereocenters. The third-order valence-electron chi connectivity index (χ3n) is 2.43. The van der Waals surface area contributed by atoms with E-state index in [1.165, 1.54) is 6.20 Å². The maximum atomic E-state index is 12.0. The zero-order chi connectivity index (χ0) is 13.1. The number of anilines is 1. The third kappa shape index (κ3) is 2.89. The molecule has 1 aromatic carbocycles. The summed E-state index contributed by atoms with van der Waals surface area (Å²) in [7, 11) is 0. The lowest BCUT2D eigenvalue weighted by atomic mass is 10.2. The number of hydrogen-bond acceptors (Lipinski definition) is 2. The highest BCUT2D eigenvalue weighted by molar-refractivity contribution is 9.10. The van der Waals surface area contributed by atoms with Crippen LogP contribution in [0.4, 0.5) is 5.69 Å². The van der Waals surface area contributed by atoms with Crippen molar-refractivity contribution in [3.8, 4) is 0 Å². The van der Waals surface area contributed by atoms with Crippen molar-refractivity contribution in [2.75, 3.05) is 5.32 Å². The van der Waals surface area contributed by atoms with Gasteiger partial charge >= 0.3 is 0 Å². The van der Waals surface area contributed by atoms with Gasteiger partial charge in [-0.2, -0.15) is 0 Å². The van der Waals surface area contributed by atoms with Crippen LogP contribution in [0.15, 0.2) is 41.1 Å². The van der Waals surface area contributed by atoms with Crippen molar-refractivity contribution >= 4 is 39.1 Å². The number of hydrogen-bond donors (Lipinski definition) is 1. The summed E-state index contributed by atoms with van der Waals surface area (Å²) in [6.45, 7) is 1.96. The Morgan fingerprint density at radius 2 is 2.17 bits per heavy atom. The number of rotatable bonds is 2. The number of nitrogens with zero attached hydrogens (tertiary/aromatic N) is 1. The van der Waals surface area contributed by atoms with Crippen molar-refractivity contribution in [2.45, 2.75) is 6.92 Å². The summed E-state index contributed by atoms with van der Waals surface area (Å²) in [5.41, 5.74) is 2.13. The smallest absolute Gasteiger partial charge is 0.258 e. The normalized spacial score (nSPS) is 10.2. The fourth-order valence-corrected chi connectivity index (χ4v) is 1.90. The Kier molecular flexibility index (Phi) is 3.99. The van der Waals surface area contributed by atoms with Gasteiger partial charge in [0.25, 0.3) is 5.91 Å². The molecule has 0 spiro atoms. The summed E-state index contributed by atoms with van der Waals surface area (Å²) in [4.78, 5) is 15.9. The Morgan fingerprint density at radius 1 is 1.39 bits per heavy atom. The van der Waals surface area contributed by atoms with Gasteiger partial charge in [0.2, 0.25) is 0 Å². The van der Waals surface area contributed by atoms with Crippen LogP contribution in [0, 0.1) is 6.92 Å². The number of amides is 1. The largest absolute Gasteiger partial charge is 0.322 e. The zero-order valence-corrected chi connectivity index (χ0v) is 11.9. The van der Waals surface area contributed by atoms with E-state index >= 15 is 0 Å². The van der Waals surface area contributed by atoms with Crippen LogP contribution in [-0.4, -0.2) is 10.9 Å². The first-order valence-corrected chi connectivity index (χ1v) is 6.42. The second-order valence-corrected chi connectivity index (χ2v) is 5.04. The molecule has 18 heavy (non-hydrogen) atoms. The number of nitrogens with one attached hydrogen (secondary N) is 1. The number of benzene rings is 1. The molecule has 0 fully saturated rings. The van der Waals surface area contributed by atoms with Crippen LogP contribution in [0.2, 0.25) is 5.02 Å². The van der Waals surface area contributed by atoms with Crippen LogP contribution in [0.1, 0.15) is 15.9 Å². The fourth-order valence-electron chi connectivity index (χ4n) is 1.47. The lowest BCUT2D eigenvalue weighted by molar-refractivity contribution is 0.102. The maximum absolute atomic E-state index is 12.0. The van der Waals surface area contributed by atoms with E-state index in [2.05, 4.69) is 26.2 Å². The van der Waals surface area contributed by atoms with Crippen molar-refractivity contribution in [2.24, 2.45) is 0 Å². The van der Waals surface area contributed by atoms with E-state index in [9.17, 15) is 4.79 Å². The minimum absolute atomic E-state index is 0.269. The number of carbonyl (C=O) groups excluding carboxylic acids is 1. The lowest BCUT2D eigenvalue weighted by Crippen LogP contribution is -2.12. The molecule has 0 unspecified atom stereocenters. The summed E-state index contributed by atoms with van der Waals surface area (Å²) in [6, 6.07) is 7.17. The summed E-state index contributed by atoms with van der Waals surface area (Å²) in [6.07, 6.45) is 2.99.